The fourth-order valence-electron chi connectivity index (χ4n) is 4.86. The van der Waals surface area contributed by atoms with E-state index in [1.54, 1.807) is 65.2 Å². The smallest absolute Gasteiger partial charge is 0.338 e. The molecule has 5 rings (SSSR count). The molecule has 5 atom stereocenters. The van der Waals surface area contributed by atoms with Crippen molar-refractivity contribution in [1.82, 2.24) is 19.5 Å². The van der Waals surface area contributed by atoms with Crippen LogP contribution >= 0.6 is 11.6 Å². The molecule has 0 amide bonds. The lowest BCUT2D eigenvalue weighted by Crippen LogP contribution is -2.30. The van der Waals surface area contributed by atoms with Gasteiger partial charge in [0.05, 0.1) is 23.4 Å². The van der Waals surface area contributed by atoms with Crippen molar-refractivity contribution in [3.63, 3.8) is 0 Å². The van der Waals surface area contributed by atoms with E-state index in [2.05, 4.69) is 15.0 Å². The first kappa shape index (κ1) is 28.0. The molecule has 0 saturated heterocycles. The fourth-order valence-corrected chi connectivity index (χ4v) is 5.03. The van der Waals surface area contributed by atoms with Gasteiger partial charge in [-0.3, -0.25) is 9.36 Å². The zero-order valence-corrected chi connectivity index (χ0v) is 22.8. The summed E-state index contributed by atoms with van der Waals surface area (Å²) in [6, 6.07) is 16.8. The first-order valence-corrected chi connectivity index (χ1v) is 13.0. The molecule has 1 aliphatic carbocycles. The number of nitrogen functional groups attached to an aromatic ring is 1. The fraction of sp³-hybridized carbons (Fsp3) is 0.286. The van der Waals surface area contributed by atoms with Crippen LogP contribution in [-0.4, -0.2) is 63.4 Å². The summed E-state index contributed by atoms with van der Waals surface area (Å²) < 4.78 is 24.5. The Labute approximate surface area is 239 Å². The predicted molar refractivity (Wildman–Crippen MR) is 146 cm³/mol. The van der Waals surface area contributed by atoms with Crippen LogP contribution in [0, 0.1) is 11.8 Å². The van der Waals surface area contributed by atoms with Crippen LogP contribution in [0.15, 0.2) is 67.0 Å². The average Bonchev–Trinajstić information content (AvgIpc) is 3.47. The van der Waals surface area contributed by atoms with Gasteiger partial charge in [-0.05, 0) is 35.9 Å². The van der Waals surface area contributed by atoms with Crippen molar-refractivity contribution in [3.8, 4) is 0 Å². The molecule has 2 N–H and O–H groups in total. The van der Waals surface area contributed by atoms with E-state index in [-0.39, 0.29) is 17.7 Å². The van der Waals surface area contributed by atoms with Gasteiger partial charge in [0.25, 0.3) is 0 Å². The van der Waals surface area contributed by atoms with Crippen LogP contribution < -0.4 is 5.73 Å². The molecule has 1 aliphatic rings. The molecule has 1 saturated carbocycles. The molecule has 1 fully saturated rings. The number of ether oxygens (including phenoxy) is 4. The van der Waals surface area contributed by atoms with Gasteiger partial charge in [0.15, 0.2) is 11.5 Å². The number of halogens is 1. The van der Waals surface area contributed by atoms with Gasteiger partial charge in [-0.1, -0.05) is 36.4 Å². The molecule has 0 bridgehead atoms. The number of nitrogens with two attached hydrogens (primary N) is 1. The molecule has 3 unspecified atom stereocenters. The van der Waals surface area contributed by atoms with Crippen molar-refractivity contribution in [2.45, 2.75) is 25.4 Å². The maximum Gasteiger partial charge on any atom is 0.338 e. The molecule has 13 heteroatoms. The number of carbonyl (C=O) groups is 3. The van der Waals surface area contributed by atoms with Crippen molar-refractivity contribution in [2.24, 2.45) is 11.8 Å². The molecule has 2 heterocycles. The molecule has 12 nitrogen and oxygen atoms in total. The van der Waals surface area contributed by atoms with Crippen molar-refractivity contribution in [3.05, 3.63) is 83.4 Å². The highest BCUT2D eigenvalue weighted by Gasteiger charge is 2.63. The van der Waals surface area contributed by atoms with Crippen LogP contribution in [0.5, 0.6) is 0 Å². The molecule has 212 valence electrons. The monoisotopic (exact) mass is 579 g/mol. The van der Waals surface area contributed by atoms with E-state index in [9.17, 15) is 14.4 Å². The van der Waals surface area contributed by atoms with Gasteiger partial charge < -0.3 is 24.7 Å². The number of fused-ring (bicyclic) bond motifs is 1. The number of hydrogen-bond acceptors (Lipinski definition) is 11. The Morgan fingerprint density at radius 2 is 1.61 bits per heavy atom. The molecule has 41 heavy (non-hydrogen) atoms. The maximum absolute atomic E-state index is 13.1. The zero-order valence-electron chi connectivity index (χ0n) is 22.0. The number of carbonyl (C=O) groups excluding carboxylic acids is 3. The number of benzene rings is 2. The number of imidazole rings is 1. The van der Waals surface area contributed by atoms with Crippen LogP contribution in [0.25, 0.3) is 11.2 Å². The average molecular weight is 580 g/mol. The van der Waals surface area contributed by atoms with Crippen molar-refractivity contribution in [1.29, 1.82) is 0 Å². The van der Waals surface area contributed by atoms with Crippen molar-refractivity contribution >= 4 is 46.5 Å². The van der Waals surface area contributed by atoms with Gasteiger partial charge in [-0.15, -0.1) is 0 Å². The molecular formula is C28H26ClN5O7. The highest BCUT2D eigenvalue weighted by Crippen LogP contribution is 2.53. The molecule has 2 aromatic carbocycles. The van der Waals surface area contributed by atoms with Crippen LogP contribution in [0.4, 0.5) is 5.82 Å². The van der Waals surface area contributed by atoms with Gasteiger partial charge in [-0.25, -0.2) is 14.6 Å². The Morgan fingerprint density at radius 3 is 2.22 bits per heavy atom. The summed E-state index contributed by atoms with van der Waals surface area (Å²) in [6.07, 6.45) is -1.10. The van der Waals surface area contributed by atoms with Crippen LogP contribution in [0.3, 0.4) is 0 Å². The minimum Gasteiger partial charge on any atom is -0.462 e. The molecule has 2 aromatic heterocycles. The number of anilines is 1. The van der Waals surface area contributed by atoms with E-state index in [0.29, 0.717) is 22.3 Å². The molecule has 0 radical (unpaired) electrons. The Balaban J connectivity index is 1.47. The van der Waals surface area contributed by atoms with Gasteiger partial charge in [0.1, 0.15) is 30.6 Å². The Kier molecular flexibility index (Phi) is 8.13. The minimum absolute atomic E-state index is 0.0833. The maximum atomic E-state index is 13.1. The third-order valence-corrected chi connectivity index (χ3v) is 6.88. The normalized spacial score (nSPS) is 19.2. The van der Waals surface area contributed by atoms with E-state index >= 15 is 0 Å². The molecule has 4 aromatic rings. The summed E-state index contributed by atoms with van der Waals surface area (Å²) in [7, 11) is 1.46. The number of hydrogen-bond donors (Lipinski definition) is 1. The second kappa shape index (κ2) is 11.9. The summed E-state index contributed by atoms with van der Waals surface area (Å²) in [5, 5.41) is -0.0852. The lowest BCUT2D eigenvalue weighted by Gasteiger charge is -2.21. The first-order chi connectivity index (χ1) is 19.8. The number of methoxy groups -OCH3 is 1. The minimum atomic E-state index is -1.000. The first-order valence-electron chi connectivity index (χ1n) is 12.6. The SMILES string of the molecule is CO[C@H](C1C(OC(C)=O)C1[C@H](COC(=O)c1ccccc1)OC(=O)c1ccccc1)n1cnc2c(N)nc(Cl)nc21. The van der Waals surface area contributed by atoms with E-state index < -0.39 is 48.2 Å². The van der Waals surface area contributed by atoms with Crippen LogP contribution in [-0.2, 0) is 23.7 Å². The second-order valence-corrected chi connectivity index (χ2v) is 9.67. The molecule has 0 spiro atoms. The van der Waals surface area contributed by atoms with Gasteiger partial charge in [-0.2, -0.15) is 9.97 Å². The Hall–Kier alpha value is -4.55. The van der Waals surface area contributed by atoms with Gasteiger partial charge >= 0.3 is 17.9 Å². The quantitative estimate of drug-likeness (QED) is 0.166. The lowest BCUT2D eigenvalue weighted by atomic mass is 10.1. The highest BCUT2D eigenvalue weighted by atomic mass is 35.5. The number of rotatable bonds is 10. The number of aromatic nitrogens is 4. The Bertz CT molecular complexity index is 1570. The predicted octanol–water partition coefficient (Wildman–Crippen LogP) is 3.47. The molecule has 0 aliphatic heterocycles. The van der Waals surface area contributed by atoms with E-state index in [0.717, 1.165) is 0 Å². The summed E-state index contributed by atoms with van der Waals surface area (Å²) >= 11 is 6.05. The number of nitrogens with zero attached hydrogens (tertiary/aromatic N) is 4. The van der Waals surface area contributed by atoms with E-state index in [1.165, 1.54) is 20.4 Å². The zero-order chi connectivity index (χ0) is 29.1. The van der Waals surface area contributed by atoms with Crippen LogP contribution in [0.2, 0.25) is 5.28 Å². The molecular weight excluding hydrogens is 554 g/mol. The van der Waals surface area contributed by atoms with Gasteiger partial charge in [0.2, 0.25) is 5.28 Å². The summed E-state index contributed by atoms with van der Waals surface area (Å²) in [5.41, 5.74) is 7.21. The van der Waals surface area contributed by atoms with Crippen molar-refractivity contribution < 1.29 is 33.3 Å². The largest absolute Gasteiger partial charge is 0.462 e. The second-order valence-electron chi connectivity index (χ2n) is 9.33. The van der Waals surface area contributed by atoms with E-state index in [1.807, 2.05) is 0 Å². The van der Waals surface area contributed by atoms with E-state index in [4.69, 9.17) is 36.3 Å². The Morgan fingerprint density at radius 1 is 0.976 bits per heavy atom. The van der Waals surface area contributed by atoms with Gasteiger partial charge in [0, 0.05) is 20.0 Å². The third kappa shape index (κ3) is 5.98. The summed E-state index contributed by atoms with van der Waals surface area (Å²) in [5.74, 6) is -2.87. The third-order valence-electron chi connectivity index (χ3n) is 6.72. The number of esters is 3. The summed E-state index contributed by atoms with van der Waals surface area (Å²) in [4.78, 5) is 50.4. The highest BCUT2D eigenvalue weighted by molar-refractivity contribution is 6.28. The lowest BCUT2D eigenvalue weighted by molar-refractivity contribution is -0.144. The topological polar surface area (TPSA) is 158 Å². The summed E-state index contributed by atoms with van der Waals surface area (Å²) in [6.45, 7) is 0.974. The van der Waals surface area contributed by atoms with Crippen LogP contribution in [0.1, 0.15) is 33.9 Å². The standard InChI is InChI=1S/C28H26ClN5O7/c1-15(35)40-22-19(20(22)25(38-2)34-14-31-21-23(30)32-28(29)33-24(21)34)18(41-27(37)17-11-7-4-8-12-17)13-39-26(36)16-9-5-3-6-10-16/h3-12,14,18-20,22,25H,13H2,1-2H3,(H2,30,32,33)/t18-,19?,20?,22?,25+/m0/s1. The van der Waals surface area contributed by atoms with Crippen molar-refractivity contribution in [2.75, 3.05) is 19.5 Å².